The summed E-state index contributed by atoms with van der Waals surface area (Å²) in [5, 5.41) is 0. The predicted octanol–water partition coefficient (Wildman–Crippen LogP) is 2.70. The van der Waals surface area contributed by atoms with Crippen molar-refractivity contribution >= 4 is 5.82 Å². The van der Waals surface area contributed by atoms with Crippen molar-refractivity contribution < 1.29 is 0 Å². The highest BCUT2D eigenvalue weighted by molar-refractivity contribution is 5.41. The number of nitrogens with two attached hydrogens (primary N) is 1. The molecule has 1 aromatic heterocycles. The van der Waals surface area contributed by atoms with Crippen LogP contribution in [0.3, 0.4) is 0 Å². The van der Waals surface area contributed by atoms with Crippen LogP contribution < -0.4 is 10.6 Å². The summed E-state index contributed by atoms with van der Waals surface area (Å²) in [6.07, 6.45) is 8.30. The molecule has 98 valence electrons. The van der Waals surface area contributed by atoms with E-state index in [9.17, 15) is 0 Å². The summed E-state index contributed by atoms with van der Waals surface area (Å²) in [7, 11) is 0. The van der Waals surface area contributed by atoms with Crippen LogP contribution in [0.2, 0.25) is 0 Å². The molecular weight excluding hydrogens is 222 g/mol. The minimum atomic E-state index is 0.537. The zero-order valence-corrected chi connectivity index (χ0v) is 11.0. The number of hydrogen-bond donors (Lipinski definition) is 1. The lowest BCUT2D eigenvalue weighted by Gasteiger charge is -2.44. The lowest BCUT2D eigenvalue weighted by atomic mass is 9.78. The third-order valence-electron chi connectivity index (χ3n) is 4.54. The molecular formula is C15H23N3. The molecule has 0 amide bonds. The number of aromatic nitrogens is 1. The van der Waals surface area contributed by atoms with Crippen molar-refractivity contribution in [3.8, 4) is 0 Å². The normalized spacial score (nSPS) is 27.9. The van der Waals surface area contributed by atoms with Crippen molar-refractivity contribution in [1.29, 1.82) is 0 Å². The van der Waals surface area contributed by atoms with Crippen molar-refractivity contribution in [2.75, 3.05) is 11.4 Å². The van der Waals surface area contributed by atoms with E-state index in [1.54, 1.807) is 0 Å². The van der Waals surface area contributed by atoms with E-state index < -0.39 is 0 Å². The van der Waals surface area contributed by atoms with E-state index in [0.29, 0.717) is 6.54 Å². The standard InChI is InChI=1S/C15H23N3/c16-11-13-7-3-9-15(17-13)18-10-4-6-12-5-1-2-8-14(12)18/h3,7,9,12,14H,1-2,4-6,8,10-11,16H2/t12-,14-/m1/s1. The molecule has 1 aliphatic carbocycles. The van der Waals surface area contributed by atoms with Crippen LogP contribution in [0, 0.1) is 5.92 Å². The first-order valence-electron chi connectivity index (χ1n) is 7.31. The Morgan fingerprint density at radius 3 is 2.89 bits per heavy atom. The maximum absolute atomic E-state index is 5.70. The molecule has 0 bridgehead atoms. The highest BCUT2D eigenvalue weighted by Gasteiger charge is 2.33. The molecule has 0 spiro atoms. The van der Waals surface area contributed by atoms with Crippen LogP contribution in [-0.2, 0) is 6.54 Å². The van der Waals surface area contributed by atoms with E-state index in [1.807, 2.05) is 6.07 Å². The quantitative estimate of drug-likeness (QED) is 0.871. The zero-order valence-electron chi connectivity index (χ0n) is 11.0. The van der Waals surface area contributed by atoms with Gasteiger partial charge < -0.3 is 10.6 Å². The van der Waals surface area contributed by atoms with Crippen LogP contribution >= 0.6 is 0 Å². The van der Waals surface area contributed by atoms with Gasteiger partial charge in [-0.15, -0.1) is 0 Å². The lowest BCUT2D eigenvalue weighted by molar-refractivity contribution is 0.242. The molecule has 0 aromatic carbocycles. The molecule has 1 saturated heterocycles. The van der Waals surface area contributed by atoms with Crippen LogP contribution in [0.4, 0.5) is 5.82 Å². The Kier molecular flexibility index (Phi) is 3.50. The number of rotatable bonds is 2. The van der Waals surface area contributed by atoms with Gasteiger partial charge in [-0.25, -0.2) is 4.98 Å². The molecule has 3 rings (SSSR count). The van der Waals surface area contributed by atoms with Crippen LogP contribution in [0.1, 0.15) is 44.2 Å². The molecule has 0 radical (unpaired) electrons. The van der Waals surface area contributed by atoms with Gasteiger partial charge in [0.15, 0.2) is 0 Å². The van der Waals surface area contributed by atoms with Crippen molar-refractivity contribution in [2.24, 2.45) is 11.7 Å². The first-order chi connectivity index (χ1) is 8.88. The van der Waals surface area contributed by atoms with Crippen molar-refractivity contribution in [3.63, 3.8) is 0 Å². The molecule has 3 heteroatoms. The maximum atomic E-state index is 5.70. The number of nitrogens with zero attached hydrogens (tertiary/aromatic N) is 2. The smallest absolute Gasteiger partial charge is 0.129 e. The van der Waals surface area contributed by atoms with Crippen molar-refractivity contribution in [1.82, 2.24) is 4.98 Å². The molecule has 2 fully saturated rings. The first-order valence-corrected chi connectivity index (χ1v) is 7.31. The molecule has 18 heavy (non-hydrogen) atoms. The fourth-order valence-electron chi connectivity index (χ4n) is 3.65. The summed E-state index contributed by atoms with van der Waals surface area (Å²) in [5.74, 6) is 2.05. The number of piperidine rings is 1. The average molecular weight is 245 g/mol. The summed E-state index contributed by atoms with van der Waals surface area (Å²) in [5.41, 5.74) is 6.70. The SMILES string of the molecule is NCc1cccc(N2CCC[C@H]3CCCC[C@H]32)n1. The number of hydrogen-bond acceptors (Lipinski definition) is 3. The number of fused-ring (bicyclic) bond motifs is 1. The Morgan fingerprint density at radius 1 is 1.17 bits per heavy atom. The molecule has 3 nitrogen and oxygen atoms in total. The average Bonchev–Trinajstić information content (AvgIpc) is 2.47. The van der Waals surface area contributed by atoms with Gasteiger partial charge >= 0.3 is 0 Å². The third kappa shape index (κ3) is 2.24. The Balaban J connectivity index is 1.84. The second-order valence-electron chi connectivity index (χ2n) is 5.64. The van der Waals surface area contributed by atoms with Crippen LogP contribution in [-0.4, -0.2) is 17.6 Å². The second kappa shape index (κ2) is 5.27. The number of anilines is 1. The van der Waals surface area contributed by atoms with Crippen molar-refractivity contribution in [3.05, 3.63) is 23.9 Å². The van der Waals surface area contributed by atoms with Crippen LogP contribution in [0.15, 0.2) is 18.2 Å². The second-order valence-corrected chi connectivity index (χ2v) is 5.64. The monoisotopic (exact) mass is 245 g/mol. The Hall–Kier alpha value is -1.09. The van der Waals surface area contributed by atoms with E-state index in [-0.39, 0.29) is 0 Å². The molecule has 0 unspecified atom stereocenters. The topological polar surface area (TPSA) is 42.1 Å². The summed E-state index contributed by atoms with van der Waals surface area (Å²) >= 11 is 0. The van der Waals surface area contributed by atoms with Gasteiger partial charge in [0.2, 0.25) is 0 Å². The summed E-state index contributed by atoms with van der Waals surface area (Å²) in [6.45, 7) is 1.71. The van der Waals surface area contributed by atoms with E-state index in [2.05, 4.69) is 17.0 Å². The Morgan fingerprint density at radius 2 is 2.00 bits per heavy atom. The molecule has 2 heterocycles. The minimum Gasteiger partial charge on any atom is -0.353 e. The Labute approximate surface area is 109 Å². The highest BCUT2D eigenvalue weighted by atomic mass is 15.2. The fraction of sp³-hybridized carbons (Fsp3) is 0.667. The van der Waals surface area contributed by atoms with E-state index in [0.717, 1.165) is 23.5 Å². The van der Waals surface area contributed by atoms with Gasteiger partial charge in [-0.2, -0.15) is 0 Å². The van der Waals surface area contributed by atoms with Gasteiger partial charge in [-0.1, -0.05) is 18.9 Å². The van der Waals surface area contributed by atoms with Gasteiger partial charge in [0.1, 0.15) is 5.82 Å². The molecule has 2 atom stereocenters. The van der Waals surface area contributed by atoms with Gasteiger partial charge in [-0.05, 0) is 43.7 Å². The fourth-order valence-corrected chi connectivity index (χ4v) is 3.65. The molecule has 2 aliphatic rings. The van der Waals surface area contributed by atoms with Crippen molar-refractivity contribution in [2.45, 2.75) is 51.1 Å². The van der Waals surface area contributed by atoms with Gasteiger partial charge in [-0.3, -0.25) is 0 Å². The van der Waals surface area contributed by atoms with Crippen LogP contribution in [0.25, 0.3) is 0 Å². The largest absolute Gasteiger partial charge is 0.353 e. The lowest BCUT2D eigenvalue weighted by Crippen LogP contribution is -2.47. The van der Waals surface area contributed by atoms with Gasteiger partial charge in [0, 0.05) is 19.1 Å². The van der Waals surface area contributed by atoms with Gasteiger partial charge in [0.25, 0.3) is 0 Å². The molecule has 1 aromatic rings. The van der Waals surface area contributed by atoms with Gasteiger partial charge in [0.05, 0.1) is 5.69 Å². The summed E-state index contributed by atoms with van der Waals surface area (Å²) in [4.78, 5) is 7.25. The summed E-state index contributed by atoms with van der Waals surface area (Å²) < 4.78 is 0. The third-order valence-corrected chi connectivity index (χ3v) is 4.54. The predicted molar refractivity (Wildman–Crippen MR) is 74.5 cm³/mol. The van der Waals surface area contributed by atoms with E-state index in [1.165, 1.54) is 45.1 Å². The van der Waals surface area contributed by atoms with E-state index in [4.69, 9.17) is 10.7 Å². The van der Waals surface area contributed by atoms with Crippen LogP contribution in [0.5, 0.6) is 0 Å². The van der Waals surface area contributed by atoms with E-state index >= 15 is 0 Å². The molecule has 1 saturated carbocycles. The minimum absolute atomic E-state index is 0.537. The first kappa shape index (κ1) is 12.0. The maximum Gasteiger partial charge on any atom is 0.129 e. The summed E-state index contributed by atoms with van der Waals surface area (Å²) in [6, 6.07) is 6.99. The molecule has 2 N–H and O–H groups in total. The highest BCUT2D eigenvalue weighted by Crippen LogP contribution is 2.37. The number of pyridine rings is 1. The Bertz CT molecular complexity index is 402. The molecule has 1 aliphatic heterocycles. The zero-order chi connectivity index (χ0) is 12.4.